The van der Waals surface area contributed by atoms with Crippen LogP contribution >= 0.6 is 0 Å². The van der Waals surface area contributed by atoms with Crippen LogP contribution in [0.1, 0.15) is 6.42 Å². The number of amides is 1. The maximum atomic E-state index is 11.2. The Morgan fingerprint density at radius 1 is 1.24 bits per heavy atom. The predicted molar refractivity (Wildman–Crippen MR) is 65.2 cm³/mol. The van der Waals surface area contributed by atoms with Gasteiger partial charge in [0.25, 0.3) is 0 Å². The van der Waals surface area contributed by atoms with E-state index in [-0.39, 0.29) is 19.0 Å². The van der Waals surface area contributed by atoms with Crippen molar-refractivity contribution in [3.05, 3.63) is 0 Å². The van der Waals surface area contributed by atoms with E-state index in [1.54, 1.807) is 7.11 Å². The van der Waals surface area contributed by atoms with Gasteiger partial charge in [0.15, 0.2) is 0 Å². The van der Waals surface area contributed by atoms with Crippen molar-refractivity contribution in [1.82, 2.24) is 15.4 Å². The molecule has 1 amide bonds. The first-order chi connectivity index (χ1) is 7.95. The minimum Gasteiger partial charge on any atom is -0.385 e. The van der Waals surface area contributed by atoms with Gasteiger partial charge in [-0.1, -0.05) is 0 Å². The molecule has 102 valence electrons. The van der Waals surface area contributed by atoms with Gasteiger partial charge in [-0.2, -0.15) is 0 Å². The molecular weight excluding hydrogens is 246 g/mol. The number of hydrogen-bond acceptors (Lipinski definition) is 5. The number of rotatable bonds is 10. The van der Waals surface area contributed by atoms with Crippen LogP contribution < -0.4 is 15.4 Å². The second-order valence-corrected chi connectivity index (χ2v) is 5.37. The van der Waals surface area contributed by atoms with Crippen LogP contribution in [0.25, 0.3) is 0 Å². The van der Waals surface area contributed by atoms with Crippen molar-refractivity contribution in [3.8, 4) is 0 Å². The van der Waals surface area contributed by atoms with Gasteiger partial charge in [0.05, 0.1) is 12.8 Å². The number of sulfonamides is 1. The monoisotopic (exact) mass is 267 g/mol. The molecule has 0 aromatic carbocycles. The number of methoxy groups -OCH3 is 1. The number of hydrogen-bond donors (Lipinski definition) is 3. The normalized spacial score (nSPS) is 11.4. The van der Waals surface area contributed by atoms with Crippen LogP contribution in [0, 0.1) is 0 Å². The summed E-state index contributed by atoms with van der Waals surface area (Å²) >= 11 is 0. The fourth-order valence-corrected chi connectivity index (χ4v) is 1.51. The molecule has 0 saturated carbocycles. The van der Waals surface area contributed by atoms with Crippen molar-refractivity contribution in [3.63, 3.8) is 0 Å². The SMILES string of the molecule is COCCCNC(=O)CNCCNS(C)(=O)=O. The van der Waals surface area contributed by atoms with Gasteiger partial charge in [-0.05, 0) is 6.42 Å². The van der Waals surface area contributed by atoms with Crippen LogP contribution in [0.4, 0.5) is 0 Å². The van der Waals surface area contributed by atoms with Gasteiger partial charge in [0.1, 0.15) is 0 Å². The number of carbonyl (C=O) groups excluding carboxylic acids is 1. The standard InChI is InChI=1S/C9H21N3O4S/c1-16-7-3-4-11-9(13)8-10-5-6-12-17(2,14)15/h10,12H,3-8H2,1-2H3,(H,11,13). The topological polar surface area (TPSA) is 96.5 Å². The maximum absolute atomic E-state index is 11.2. The summed E-state index contributed by atoms with van der Waals surface area (Å²) in [6, 6.07) is 0. The third-order valence-corrected chi connectivity index (χ3v) is 2.53. The van der Waals surface area contributed by atoms with Crippen molar-refractivity contribution >= 4 is 15.9 Å². The minimum atomic E-state index is -3.15. The lowest BCUT2D eigenvalue weighted by Crippen LogP contribution is -2.38. The second-order valence-electron chi connectivity index (χ2n) is 3.54. The lowest BCUT2D eigenvalue weighted by Gasteiger charge is -2.06. The summed E-state index contributed by atoms with van der Waals surface area (Å²) in [7, 11) is -1.54. The Morgan fingerprint density at radius 2 is 1.94 bits per heavy atom. The first-order valence-corrected chi connectivity index (χ1v) is 7.26. The molecular formula is C9H21N3O4S. The summed E-state index contributed by atoms with van der Waals surface area (Å²) in [5.74, 6) is -0.111. The van der Waals surface area contributed by atoms with Gasteiger partial charge < -0.3 is 15.4 Å². The van der Waals surface area contributed by atoms with E-state index in [1.807, 2.05) is 0 Å². The quantitative estimate of drug-likeness (QED) is 0.409. The second kappa shape index (κ2) is 9.34. The highest BCUT2D eigenvalue weighted by atomic mass is 32.2. The molecule has 0 aromatic heterocycles. The Hall–Kier alpha value is -0.700. The lowest BCUT2D eigenvalue weighted by atomic mass is 10.4. The largest absolute Gasteiger partial charge is 0.385 e. The highest BCUT2D eigenvalue weighted by Gasteiger charge is 2.01. The van der Waals surface area contributed by atoms with Crippen LogP contribution in [0.5, 0.6) is 0 Å². The molecule has 0 aliphatic heterocycles. The fraction of sp³-hybridized carbons (Fsp3) is 0.889. The van der Waals surface area contributed by atoms with E-state index in [0.717, 1.165) is 12.7 Å². The van der Waals surface area contributed by atoms with E-state index in [0.29, 0.717) is 19.7 Å². The molecule has 0 aliphatic carbocycles. The lowest BCUT2D eigenvalue weighted by molar-refractivity contribution is -0.120. The summed E-state index contributed by atoms with van der Waals surface area (Å²) in [5, 5.41) is 5.53. The molecule has 17 heavy (non-hydrogen) atoms. The first kappa shape index (κ1) is 16.3. The summed E-state index contributed by atoms with van der Waals surface area (Å²) in [5.41, 5.74) is 0. The molecule has 0 saturated heterocycles. The van der Waals surface area contributed by atoms with E-state index in [1.165, 1.54) is 0 Å². The van der Waals surface area contributed by atoms with Gasteiger partial charge in [-0.15, -0.1) is 0 Å². The van der Waals surface area contributed by atoms with E-state index in [4.69, 9.17) is 4.74 Å². The van der Waals surface area contributed by atoms with Crippen LogP contribution in [-0.4, -0.2) is 60.5 Å². The Bertz CT molecular complexity index is 305. The molecule has 0 spiro atoms. The Balaban J connectivity index is 3.33. The van der Waals surface area contributed by atoms with E-state index in [2.05, 4.69) is 15.4 Å². The molecule has 0 unspecified atom stereocenters. The number of ether oxygens (including phenoxy) is 1. The van der Waals surface area contributed by atoms with Crippen LogP contribution in [-0.2, 0) is 19.6 Å². The summed E-state index contributed by atoms with van der Waals surface area (Å²) in [4.78, 5) is 11.2. The molecule has 0 radical (unpaired) electrons. The molecule has 0 rings (SSSR count). The Kier molecular flexibility index (Phi) is 8.96. The third kappa shape index (κ3) is 13.2. The molecule has 7 nitrogen and oxygen atoms in total. The average Bonchev–Trinajstić information content (AvgIpc) is 2.22. The number of nitrogens with one attached hydrogen (secondary N) is 3. The zero-order chi connectivity index (χ0) is 13.1. The zero-order valence-electron chi connectivity index (χ0n) is 10.3. The molecule has 0 bridgehead atoms. The van der Waals surface area contributed by atoms with Crippen LogP contribution in [0.3, 0.4) is 0 Å². The third-order valence-electron chi connectivity index (χ3n) is 1.80. The minimum absolute atomic E-state index is 0.111. The summed E-state index contributed by atoms with van der Waals surface area (Å²) < 4.78 is 28.6. The van der Waals surface area contributed by atoms with Crippen molar-refractivity contribution in [1.29, 1.82) is 0 Å². The molecule has 0 heterocycles. The Labute approximate surface area is 102 Å². The average molecular weight is 267 g/mol. The molecule has 8 heteroatoms. The molecule has 3 N–H and O–H groups in total. The fourth-order valence-electron chi connectivity index (χ4n) is 1.03. The van der Waals surface area contributed by atoms with Gasteiger partial charge >= 0.3 is 0 Å². The van der Waals surface area contributed by atoms with Crippen LogP contribution in [0.2, 0.25) is 0 Å². The van der Waals surface area contributed by atoms with Crippen LogP contribution in [0.15, 0.2) is 0 Å². The highest BCUT2D eigenvalue weighted by molar-refractivity contribution is 7.88. The molecule has 0 fully saturated rings. The van der Waals surface area contributed by atoms with E-state index in [9.17, 15) is 13.2 Å². The van der Waals surface area contributed by atoms with Gasteiger partial charge in [0.2, 0.25) is 15.9 Å². The van der Waals surface area contributed by atoms with Crippen molar-refractivity contribution in [2.75, 3.05) is 46.2 Å². The van der Waals surface area contributed by atoms with E-state index >= 15 is 0 Å². The smallest absolute Gasteiger partial charge is 0.233 e. The van der Waals surface area contributed by atoms with Gasteiger partial charge in [-0.25, -0.2) is 13.1 Å². The summed E-state index contributed by atoms with van der Waals surface area (Å²) in [6.07, 6.45) is 1.87. The first-order valence-electron chi connectivity index (χ1n) is 5.36. The van der Waals surface area contributed by atoms with Gasteiger partial charge in [0, 0.05) is 33.4 Å². The summed E-state index contributed by atoms with van der Waals surface area (Å²) in [6.45, 7) is 2.06. The predicted octanol–water partition coefficient (Wildman–Crippen LogP) is -1.72. The molecule has 0 aliphatic rings. The van der Waals surface area contributed by atoms with E-state index < -0.39 is 10.0 Å². The van der Waals surface area contributed by atoms with Crippen molar-refractivity contribution in [2.24, 2.45) is 0 Å². The van der Waals surface area contributed by atoms with Crippen molar-refractivity contribution < 1.29 is 17.9 Å². The molecule has 0 atom stereocenters. The maximum Gasteiger partial charge on any atom is 0.233 e. The van der Waals surface area contributed by atoms with Crippen molar-refractivity contribution in [2.45, 2.75) is 6.42 Å². The van der Waals surface area contributed by atoms with Gasteiger partial charge in [-0.3, -0.25) is 4.79 Å². The number of carbonyl (C=O) groups is 1. The Morgan fingerprint density at radius 3 is 2.53 bits per heavy atom. The molecule has 0 aromatic rings. The zero-order valence-corrected chi connectivity index (χ0v) is 11.1. The highest BCUT2D eigenvalue weighted by Crippen LogP contribution is 1.77.